The molecule has 21 heavy (non-hydrogen) atoms. The predicted molar refractivity (Wildman–Crippen MR) is 83.7 cm³/mol. The third-order valence-corrected chi connectivity index (χ3v) is 2.69. The van der Waals surface area contributed by atoms with Gasteiger partial charge in [0.15, 0.2) is 17.8 Å². The molecule has 0 radical (unpaired) electrons. The molecule has 0 bridgehead atoms. The van der Waals surface area contributed by atoms with E-state index in [2.05, 4.69) is 4.99 Å². The van der Waals surface area contributed by atoms with E-state index in [1.165, 1.54) is 0 Å². The molecule has 0 N–H and O–H groups in total. The minimum absolute atomic E-state index is 0.291. The zero-order valence-electron chi connectivity index (χ0n) is 13.3. The van der Waals surface area contributed by atoms with Crippen LogP contribution in [0.2, 0.25) is 0 Å². The van der Waals surface area contributed by atoms with Gasteiger partial charge in [0, 0.05) is 19.4 Å². The predicted octanol–water partition coefficient (Wildman–Crippen LogP) is 2.91. The summed E-state index contributed by atoms with van der Waals surface area (Å²) in [4.78, 5) is 4.36. The Morgan fingerprint density at radius 3 is 2.33 bits per heavy atom. The van der Waals surface area contributed by atoms with E-state index >= 15 is 0 Å². The second-order valence-electron chi connectivity index (χ2n) is 4.18. The number of aliphatic imine (C=N–C) groups is 1. The van der Waals surface area contributed by atoms with Gasteiger partial charge in [-0.2, -0.15) is 0 Å². The van der Waals surface area contributed by atoms with E-state index in [0.29, 0.717) is 32.1 Å². The van der Waals surface area contributed by atoms with Crippen molar-refractivity contribution in [1.29, 1.82) is 0 Å². The van der Waals surface area contributed by atoms with Crippen LogP contribution in [0.4, 0.5) is 0 Å². The van der Waals surface area contributed by atoms with Gasteiger partial charge >= 0.3 is 0 Å². The maximum absolute atomic E-state index is 5.48. The lowest BCUT2D eigenvalue weighted by Crippen LogP contribution is -2.20. The number of ether oxygens (including phenoxy) is 4. The van der Waals surface area contributed by atoms with Crippen LogP contribution in [0.15, 0.2) is 23.2 Å². The van der Waals surface area contributed by atoms with Gasteiger partial charge in [-0.1, -0.05) is 0 Å². The van der Waals surface area contributed by atoms with Gasteiger partial charge in [0.05, 0.1) is 20.3 Å². The maximum Gasteiger partial charge on any atom is 0.176 e. The zero-order chi connectivity index (χ0) is 15.5. The van der Waals surface area contributed by atoms with Gasteiger partial charge in [-0.25, -0.2) is 0 Å². The molecule has 1 rings (SSSR count). The van der Waals surface area contributed by atoms with Crippen molar-refractivity contribution in [1.82, 2.24) is 0 Å². The number of benzene rings is 1. The van der Waals surface area contributed by atoms with Crippen LogP contribution < -0.4 is 9.47 Å². The summed E-state index contributed by atoms with van der Waals surface area (Å²) < 4.78 is 21.7. The van der Waals surface area contributed by atoms with E-state index in [1.54, 1.807) is 13.3 Å². The second-order valence-corrected chi connectivity index (χ2v) is 4.18. The molecule has 0 aliphatic heterocycles. The molecule has 5 heteroatoms. The molecule has 118 valence electrons. The van der Waals surface area contributed by atoms with E-state index in [4.69, 9.17) is 18.9 Å². The fourth-order valence-electron chi connectivity index (χ4n) is 1.81. The van der Waals surface area contributed by atoms with Gasteiger partial charge in [-0.15, -0.1) is 0 Å². The van der Waals surface area contributed by atoms with Gasteiger partial charge in [-0.05, 0) is 44.5 Å². The van der Waals surface area contributed by atoms with Crippen LogP contribution in [0.25, 0.3) is 0 Å². The SMILES string of the molecule is CCOc1ccc(/C=N/CC(OCC)OCC)cc1OC. The fraction of sp³-hybridized carbons (Fsp3) is 0.562. The average molecular weight is 295 g/mol. The Hall–Kier alpha value is -1.59. The van der Waals surface area contributed by atoms with Crippen LogP contribution in [-0.2, 0) is 9.47 Å². The minimum Gasteiger partial charge on any atom is -0.493 e. The highest BCUT2D eigenvalue weighted by molar-refractivity contribution is 5.80. The van der Waals surface area contributed by atoms with Gasteiger partial charge in [0.2, 0.25) is 0 Å². The highest BCUT2D eigenvalue weighted by Gasteiger charge is 2.06. The van der Waals surface area contributed by atoms with Crippen LogP contribution in [0.1, 0.15) is 26.3 Å². The van der Waals surface area contributed by atoms with Crippen molar-refractivity contribution in [2.75, 3.05) is 33.5 Å². The first-order valence-electron chi connectivity index (χ1n) is 7.28. The standard InChI is InChI=1S/C16H25NO4/c1-5-19-14-9-8-13(10-15(14)18-4)11-17-12-16(20-6-2)21-7-3/h8-11,16H,5-7,12H2,1-4H3/b17-11+. The van der Waals surface area contributed by atoms with E-state index < -0.39 is 0 Å². The van der Waals surface area contributed by atoms with Crippen molar-refractivity contribution >= 4 is 6.21 Å². The van der Waals surface area contributed by atoms with Crippen LogP contribution in [0, 0.1) is 0 Å². The van der Waals surface area contributed by atoms with E-state index in [1.807, 2.05) is 39.0 Å². The third kappa shape index (κ3) is 6.14. The number of hydrogen-bond donors (Lipinski definition) is 0. The fourth-order valence-corrected chi connectivity index (χ4v) is 1.81. The molecular formula is C16H25NO4. The molecule has 0 aliphatic carbocycles. The van der Waals surface area contributed by atoms with Crippen LogP contribution >= 0.6 is 0 Å². The molecular weight excluding hydrogens is 270 g/mol. The summed E-state index contributed by atoms with van der Waals surface area (Å²) in [6.45, 7) is 8.11. The van der Waals surface area contributed by atoms with E-state index in [0.717, 1.165) is 11.3 Å². The number of nitrogens with zero attached hydrogens (tertiary/aromatic N) is 1. The van der Waals surface area contributed by atoms with Crippen molar-refractivity contribution < 1.29 is 18.9 Å². The summed E-state index contributed by atoms with van der Waals surface area (Å²) in [6, 6.07) is 5.71. The first-order valence-corrected chi connectivity index (χ1v) is 7.28. The van der Waals surface area contributed by atoms with Crippen molar-refractivity contribution in [2.45, 2.75) is 27.1 Å². The smallest absolute Gasteiger partial charge is 0.176 e. The number of methoxy groups -OCH3 is 1. The molecule has 0 amide bonds. The summed E-state index contributed by atoms with van der Waals surface area (Å²) >= 11 is 0. The Balaban J connectivity index is 2.66. The molecule has 1 aromatic carbocycles. The Kier molecular flexibility index (Phi) is 8.47. The lowest BCUT2D eigenvalue weighted by Gasteiger charge is -2.14. The highest BCUT2D eigenvalue weighted by atomic mass is 16.7. The molecule has 0 saturated heterocycles. The molecule has 0 heterocycles. The van der Waals surface area contributed by atoms with E-state index in [-0.39, 0.29) is 6.29 Å². The largest absolute Gasteiger partial charge is 0.493 e. The molecule has 0 aliphatic rings. The molecule has 0 atom stereocenters. The average Bonchev–Trinajstić information content (AvgIpc) is 2.49. The first-order chi connectivity index (χ1) is 10.2. The second kappa shape index (κ2) is 10.2. The lowest BCUT2D eigenvalue weighted by atomic mass is 10.2. The van der Waals surface area contributed by atoms with Crippen molar-refractivity contribution in [3.05, 3.63) is 23.8 Å². The van der Waals surface area contributed by atoms with Crippen LogP contribution in [0.5, 0.6) is 11.5 Å². The maximum atomic E-state index is 5.48. The van der Waals surface area contributed by atoms with Crippen molar-refractivity contribution in [3.8, 4) is 11.5 Å². The van der Waals surface area contributed by atoms with Crippen molar-refractivity contribution in [3.63, 3.8) is 0 Å². The van der Waals surface area contributed by atoms with Gasteiger partial charge in [-0.3, -0.25) is 4.99 Å². The lowest BCUT2D eigenvalue weighted by molar-refractivity contribution is -0.128. The molecule has 0 spiro atoms. The summed E-state index contributed by atoms with van der Waals surface area (Å²) in [5, 5.41) is 0. The topological polar surface area (TPSA) is 49.3 Å². The number of hydrogen-bond acceptors (Lipinski definition) is 5. The van der Waals surface area contributed by atoms with Crippen LogP contribution in [-0.4, -0.2) is 46.0 Å². The Morgan fingerprint density at radius 1 is 1.05 bits per heavy atom. The summed E-state index contributed by atoms with van der Waals surface area (Å²) in [7, 11) is 1.62. The van der Waals surface area contributed by atoms with Gasteiger partial charge < -0.3 is 18.9 Å². The van der Waals surface area contributed by atoms with E-state index in [9.17, 15) is 0 Å². The normalized spacial score (nSPS) is 11.3. The zero-order valence-corrected chi connectivity index (χ0v) is 13.3. The quantitative estimate of drug-likeness (QED) is 0.492. The number of rotatable bonds is 10. The van der Waals surface area contributed by atoms with Gasteiger partial charge in [0.25, 0.3) is 0 Å². The molecule has 0 aromatic heterocycles. The summed E-state index contributed by atoms with van der Waals surface area (Å²) in [5.41, 5.74) is 0.946. The summed E-state index contributed by atoms with van der Waals surface area (Å²) in [6.07, 6.45) is 1.49. The minimum atomic E-state index is -0.291. The molecule has 0 unspecified atom stereocenters. The first kappa shape index (κ1) is 17.5. The van der Waals surface area contributed by atoms with Gasteiger partial charge in [0.1, 0.15) is 0 Å². The Labute approximate surface area is 126 Å². The Bertz CT molecular complexity index is 428. The molecule has 0 saturated carbocycles. The van der Waals surface area contributed by atoms with Crippen molar-refractivity contribution in [2.24, 2.45) is 4.99 Å². The van der Waals surface area contributed by atoms with Crippen LogP contribution in [0.3, 0.4) is 0 Å². The molecule has 5 nitrogen and oxygen atoms in total. The third-order valence-electron chi connectivity index (χ3n) is 2.69. The highest BCUT2D eigenvalue weighted by Crippen LogP contribution is 2.27. The molecule has 0 fully saturated rings. The molecule has 1 aromatic rings. The monoisotopic (exact) mass is 295 g/mol. The summed E-state index contributed by atoms with van der Waals surface area (Å²) in [5.74, 6) is 1.44. The Morgan fingerprint density at radius 2 is 1.76 bits per heavy atom.